The summed E-state index contributed by atoms with van der Waals surface area (Å²) in [5.74, 6) is -0.245. The van der Waals surface area contributed by atoms with Crippen LogP contribution in [0, 0.1) is 5.92 Å². The summed E-state index contributed by atoms with van der Waals surface area (Å²) in [7, 11) is 1.54. The molecule has 1 amide bonds. The first-order valence-corrected chi connectivity index (χ1v) is 7.47. The van der Waals surface area contributed by atoms with E-state index in [2.05, 4.69) is 15.9 Å². The average Bonchev–Trinajstić information content (AvgIpc) is 2.35. The van der Waals surface area contributed by atoms with Gasteiger partial charge in [0.2, 0.25) is 0 Å². The zero-order valence-electron chi connectivity index (χ0n) is 12.5. The van der Waals surface area contributed by atoms with E-state index in [-0.39, 0.29) is 11.6 Å². The predicted octanol–water partition coefficient (Wildman–Crippen LogP) is 4.97. The van der Waals surface area contributed by atoms with E-state index in [1.165, 1.54) is 24.1 Å². The van der Waals surface area contributed by atoms with Gasteiger partial charge in [-0.3, -0.25) is 4.79 Å². The standard InChI is InChI=1S/C15H19BrF3NO/c1-9(2)7-10(3)20(4)14(21)12-6-5-11(16)8-13(12)15(17,18)19/h5-6,8-10H,7H2,1-4H3. The molecule has 0 saturated carbocycles. The first-order valence-electron chi connectivity index (χ1n) is 6.68. The summed E-state index contributed by atoms with van der Waals surface area (Å²) in [5, 5.41) is 0. The number of rotatable bonds is 4. The van der Waals surface area contributed by atoms with Crippen molar-refractivity contribution in [3.8, 4) is 0 Å². The quantitative estimate of drug-likeness (QED) is 0.737. The lowest BCUT2D eigenvalue weighted by Gasteiger charge is -2.27. The molecule has 21 heavy (non-hydrogen) atoms. The van der Waals surface area contributed by atoms with Crippen LogP contribution in [0.1, 0.15) is 43.1 Å². The molecule has 0 aromatic heterocycles. The lowest BCUT2D eigenvalue weighted by molar-refractivity contribution is -0.138. The van der Waals surface area contributed by atoms with Crippen LogP contribution < -0.4 is 0 Å². The highest BCUT2D eigenvalue weighted by Gasteiger charge is 2.36. The van der Waals surface area contributed by atoms with E-state index in [4.69, 9.17) is 0 Å². The number of benzene rings is 1. The number of hydrogen-bond donors (Lipinski definition) is 0. The van der Waals surface area contributed by atoms with Gasteiger partial charge in [0.05, 0.1) is 11.1 Å². The smallest absolute Gasteiger partial charge is 0.339 e. The van der Waals surface area contributed by atoms with E-state index in [1.807, 2.05) is 20.8 Å². The van der Waals surface area contributed by atoms with Gasteiger partial charge in [-0.1, -0.05) is 29.8 Å². The Balaban J connectivity index is 3.13. The summed E-state index contributed by atoms with van der Waals surface area (Å²) in [6.07, 6.45) is -3.82. The highest BCUT2D eigenvalue weighted by atomic mass is 79.9. The molecule has 0 fully saturated rings. The largest absolute Gasteiger partial charge is 0.417 e. The highest BCUT2D eigenvalue weighted by molar-refractivity contribution is 9.10. The minimum atomic E-state index is -4.56. The van der Waals surface area contributed by atoms with Crippen molar-refractivity contribution in [2.75, 3.05) is 7.05 Å². The summed E-state index contributed by atoms with van der Waals surface area (Å²) >= 11 is 3.01. The summed E-state index contributed by atoms with van der Waals surface area (Å²) in [4.78, 5) is 13.7. The number of carbonyl (C=O) groups is 1. The molecule has 0 saturated heterocycles. The average molecular weight is 366 g/mol. The molecule has 0 spiro atoms. The Morgan fingerprint density at radius 2 is 1.86 bits per heavy atom. The summed E-state index contributed by atoms with van der Waals surface area (Å²) in [6, 6.07) is 3.48. The Morgan fingerprint density at radius 3 is 2.33 bits per heavy atom. The number of hydrogen-bond acceptors (Lipinski definition) is 1. The van der Waals surface area contributed by atoms with Crippen molar-refractivity contribution in [3.63, 3.8) is 0 Å². The van der Waals surface area contributed by atoms with Crippen molar-refractivity contribution in [2.24, 2.45) is 5.92 Å². The molecule has 1 atom stereocenters. The summed E-state index contributed by atoms with van der Waals surface area (Å²) < 4.78 is 39.5. The Kier molecular flexibility index (Phi) is 5.84. The molecule has 0 aliphatic heterocycles. The molecule has 0 heterocycles. The third kappa shape index (κ3) is 4.73. The molecule has 6 heteroatoms. The van der Waals surface area contributed by atoms with Crippen LogP contribution in [0.5, 0.6) is 0 Å². The molecular formula is C15H19BrF3NO. The van der Waals surface area contributed by atoms with E-state index < -0.39 is 17.6 Å². The molecular weight excluding hydrogens is 347 g/mol. The first-order chi connectivity index (χ1) is 9.54. The molecule has 1 rings (SSSR count). The monoisotopic (exact) mass is 365 g/mol. The second-order valence-electron chi connectivity index (χ2n) is 5.58. The maximum atomic E-state index is 13.1. The van der Waals surface area contributed by atoms with E-state index >= 15 is 0 Å². The maximum absolute atomic E-state index is 13.1. The summed E-state index contributed by atoms with van der Waals surface area (Å²) in [6.45, 7) is 5.86. The maximum Gasteiger partial charge on any atom is 0.417 e. The lowest BCUT2D eigenvalue weighted by atomic mass is 10.0. The molecule has 1 unspecified atom stereocenters. The number of halogens is 4. The van der Waals surface area contributed by atoms with Gasteiger partial charge in [0.25, 0.3) is 5.91 Å². The second-order valence-corrected chi connectivity index (χ2v) is 6.50. The lowest BCUT2D eigenvalue weighted by Crippen LogP contribution is -2.37. The van der Waals surface area contributed by atoms with E-state index in [0.717, 1.165) is 12.5 Å². The van der Waals surface area contributed by atoms with Crippen LogP contribution in [-0.4, -0.2) is 23.9 Å². The molecule has 0 aliphatic rings. The van der Waals surface area contributed by atoms with Crippen molar-refractivity contribution in [1.82, 2.24) is 4.90 Å². The number of amides is 1. The van der Waals surface area contributed by atoms with E-state index in [9.17, 15) is 18.0 Å². The molecule has 118 valence electrons. The van der Waals surface area contributed by atoms with Crippen molar-refractivity contribution in [1.29, 1.82) is 0 Å². The van der Waals surface area contributed by atoms with Crippen LogP contribution in [0.15, 0.2) is 22.7 Å². The predicted molar refractivity (Wildman–Crippen MR) is 80.2 cm³/mol. The van der Waals surface area contributed by atoms with E-state index in [1.54, 1.807) is 0 Å². The number of alkyl halides is 3. The second kappa shape index (κ2) is 6.81. The van der Waals surface area contributed by atoms with Gasteiger partial charge in [-0.05, 0) is 37.5 Å². The minimum Gasteiger partial charge on any atom is -0.339 e. The number of carbonyl (C=O) groups excluding carboxylic acids is 1. The van der Waals surface area contributed by atoms with Gasteiger partial charge in [0.1, 0.15) is 0 Å². The van der Waals surface area contributed by atoms with Crippen LogP contribution in [0.2, 0.25) is 0 Å². The van der Waals surface area contributed by atoms with Crippen molar-refractivity contribution in [3.05, 3.63) is 33.8 Å². The molecule has 1 aromatic carbocycles. The van der Waals surface area contributed by atoms with Crippen LogP contribution in [0.25, 0.3) is 0 Å². The zero-order valence-corrected chi connectivity index (χ0v) is 14.0. The van der Waals surface area contributed by atoms with Gasteiger partial charge in [-0.25, -0.2) is 0 Å². The molecule has 0 aliphatic carbocycles. The van der Waals surface area contributed by atoms with Crippen molar-refractivity contribution < 1.29 is 18.0 Å². The van der Waals surface area contributed by atoms with Gasteiger partial charge in [0, 0.05) is 17.6 Å². The normalized spacial score (nSPS) is 13.4. The third-order valence-corrected chi connectivity index (χ3v) is 3.80. The molecule has 2 nitrogen and oxygen atoms in total. The Labute approximate surface area is 131 Å². The first kappa shape index (κ1) is 18.0. The van der Waals surface area contributed by atoms with Gasteiger partial charge >= 0.3 is 6.18 Å². The SMILES string of the molecule is CC(C)CC(C)N(C)C(=O)c1ccc(Br)cc1C(F)(F)F. The topological polar surface area (TPSA) is 20.3 Å². The Hall–Kier alpha value is -1.04. The zero-order chi connectivity index (χ0) is 16.4. The van der Waals surface area contributed by atoms with Gasteiger partial charge in [-0.2, -0.15) is 13.2 Å². The van der Waals surface area contributed by atoms with Crippen LogP contribution in [-0.2, 0) is 6.18 Å². The Morgan fingerprint density at radius 1 is 1.29 bits per heavy atom. The fourth-order valence-corrected chi connectivity index (χ4v) is 2.53. The van der Waals surface area contributed by atoms with Crippen LogP contribution >= 0.6 is 15.9 Å². The summed E-state index contributed by atoms with van der Waals surface area (Å²) in [5.41, 5.74) is -1.23. The van der Waals surface area contributed by atoms with Crippen LogP contribution in [0.3, 0.4) is 0 Å². The third-order valence-electron chi connectivity index (χ3n) is 3.31. The van der Waals surface area contributed by atoms with Crippen molar-refractivity contribution >= 4 is 21.8 Å². The molecule has 1 aromatic rings. The minimum absolute atomic E-state index is 0.123. The molecule has 0 bridgehead atoms. The molecule has 0 N–H and O–H groups in total. The van der Waals surface area contributed by atoms with Crippen molar-refractivity contribution in [2.45, 2.75) is 39.4 Å². The van der Waals surface area contributed by atoms with Gasteiger partial charge in [-0.15, -0.1) is 0 Å². The highest BCUT2D eigenvalue weighted by Crippen LogP contribution is 2.34. The van der Waals surface area contributed by atoms with Gasteiger partial charge in [0.15, 0.2) is 0 Å². The van der Waals surface area contributed by atoms with Gasteiger partial charge < -0.3 is 4.90 Å². The van der Waals surface area contributed by atoms with Crippen LogP contribution in [0.4, 0.5) is 13.2 Å². The Bertz CT molecular complexity index is 514. The van der Waals surface area contributed by atoms with E-state index in [0.29, 0.717) is 10.4 Å². The molecule has 0 radical (unpaired) electrons. The fraction of sp³-hybridized carbons (Fsp3) is 0.533. The fourth-order valence-electron chi connectivity index (χ4n) is 2.17. The number of nitrogens with zero attached hydrogens (tertiary/aromatic N) is 1.